The van der Waals surface area contributed by atoms with E-state index in [0.29, 0.717) is 10.0 Å². The van der Waals surface area contributed by atoms with Gasteiger partial charge < -0.3 is 0 Å². The summed E-state index contributed by atoms with van der Waals surface area (Å²) in [6, 6.07) is 2.93. The molecule has 66 valence electrons. The zero-order valence-electron chi connectivity index (χ0n) is 6.69. The predicted octanol–water partition coefficient (Wildman–Crippen LogP) is 3.15. The third-order valence-corrected chi connectivity index (χ3v) is 2.00. The van der Waals surface area contributed by atoms with Crippen molar-refractivity contribution in [3.63, 3.8) is 0 Å². The Morgan fingerprint density at radius 2 is 2.23 bits per heavy atom. The van der Waals surface area contributed by atoms with Crippen molar-refractivity contribution in [3.8, 4) is 0 Å². The van der Waals surface area contributed by atoms with Crippen molar-refractivity contribution in [1.82, 2.24) is 0 Å². The van der Waals surface area contributed by atoms with Crippen LogP contribution in [0.15, 0.2) is 16.6 Å². The number of diazo groups is 1. The first-order valence-electron chi connectivity index (χ1n) is 3.36. The van der Waals surface area contributed by atoms with Crippen LogP contribution in [-0.4, -0.2) is 4.92 Å². The summed E-state index contributed by atoms with van der Waals surface area (Å²) in [4.78, 5) is 12.8. The highest BCUT2D eigenvalue weighted by Crippen LogP contribution is 2.33. The molecule has 0 radical (unpaired) electrons. The van der Waals surface area contributed by atoms with Gasteiger partial charge in [0.1, 0.15) is 0 Å². The Morgan fingerprint density at radius 3 is 2.69 bits per heavy atom. The van der Waals surface area contributed by atoms with Crippen LogP contribution in [-0.2, 0) is 0 Å². The summed E-state index contributed by atoms with van der Waals surface area (Å²) in [7, 11) is 0. The average molecular weight is 243 g/mol. The van der Waals surface area contributed by atoms with Crippen molar-refractivity contribution in [2.24, 2.45) is 0 Å². The van der Waals surface area contributed by atoms with Gasteiger partial charge in [-0.15, -0.1) is 0 Å². The molecule has 0 aliphatic heterocycles. The van der Waals surface area contributed by atoms with E-state index >= 15 is 0 Å². The molecule has 0 heterocycles. The Balaban J connectivity index is 3.50. The fourth-order valence-electron chi connectivity index (χ4n) is 0.987. The van der Waals surface area contributed by atoms with Crippen LogP contribution in [0, 0.1) is 22.4 Å². The highest BCUT2D eigenvalue weighted by Gasteiger charge is 2.27. The standard InChI is InChI=1S/C7H5BrN3O2/c1-4-2-5(8)3-6(11(12)13)7(4)10-9/h2-3H,1H3/q+1. The molecule has 0 aliphatic carbocycles. The lowest BCUT2D eigenvalue weighted by molar-refractivity contribution is -0.383. The molecule has 5 nitrogen and oxygen atoms in total. The van der Waals surface area contributed by atoms with E-state index in [1.165, 1.54) is 6.07 Å². The molecule has 0 aromatic heterocycles. The van der Waals surface area contributed by atoms with Crippen molar-refractivity contribution < 1.29 is 4.92 Å². The summed E-state index contributed by atoms with van der Waals surface area (Å²) in [6.45, 7) is 1.63. The fourth-order valence-corrected chi connectivity index (χ4v) is 1.55. The number of hydrogen-bond acceptors (Lipinski definition) is 3. The van der Waals surface area contributed by atoms with Crippen LogP contribution >= 0.6 is 15.9 Å². The van der Waals surface area contributed by atoms with Crippen LogP contribution in [0.2, 0.25) is 0 Å². The van der Waals surface area contributed by atoms with Gasteiger partial charge in [-0.2, -0.15) is 0 Å². The first kappa shape index (κ1) is 9.61. The van der Waals surface area contributed by atoms with E-state index < -0.39 is 4.92 Å². The van der Waals surface area contributed by atoms with Gasteiger partial charge in [0.15, 0.2) is 4.98 Å². The summed E-state index contributed by atoms with van der Waals surface area (Å²) in [6.07, 6.45) is 0. The van der Waals surface area contributed by atoms with Crippen LogP contribution in [0.4, 0.5) is 11.4 Å². The van der Waals surface area contributed by atoms with Gasteiger partial charge in [-0.1, -0.05) is 15.9 Å². The van der Waals surface area contributed by atoms with E-state index in [1.807, 2.05) is 0 Å². The van der Waals surface area contributed by atoms with Crippen molar-refractivity contribution in [1.29, 1.82) is 5.39 Å². The minimum atomic E-state index is -0.590. The highest BCUT2D eigenvalue weighted by molar-refractivity contribution is 9.10. The maximum atomic E-state index is 10.5. The van der Waals surface area contributed by atoms with Gasteiger partial charge in [-0.05, 0) is 13.0 Å². The smallest absolute Gasteiger partial charge is 0.258 e. The minimum Gasteiger partial charge on any atom is -0.258 e. The summed E-state index contributed by atoms with van der Waals surface area (Å²) in [5, 5.41) is 19.0. The van der Waals surface area contributed by atoms with E-state index in [0.717, 1.165) is 0 Å². The Morgan fingerprint density at radius 1 is 1.62 bits per heavy atom. The summed E-state index contributed by atoms with van der Waals surface area (Å²) in [5.74, 6) is 0. The number of hydrogen-bond donors (Lipinski definition) is 0. The number of nitrogens with zero attached hydrogens (tertiary/aromatic N) is 3. The zero-order chi connectivity index (χ0) is 10.0. The molecule has 0 bridgehead atoms. The van der Waals surface area contributed by atoms with Gasteiger partial charge in [0, 0.05) is 10.5 Å². The van der Waals surface area contributed by atoms with Crippen LogP contribution in [0.5, 0.6) is 0 Å². The molecule has 0 spiro atoms. The van der Waals surface area contributed by atoms with Gasteiger partial charge in [-0.3, -0.25) is 10.1 Å². The zero-order valence-corrected chi connectivity index (χ0v) is 8.28. The molecule has 13 heavy (non-hydrogen) atoms. The lowest BCUT2D eigenvalue weighted by Gasteiger charge is -1.92. The molecular formula is C7H5BrN3O2+. The molecule has 1 aromatic rings. The average Bonchev–Trinajstić information content (AvgIpc) is 2.02. The van der Waals surface area contributed by atoms with E-state index in [9.17, 15) is 10.1 Å². The third kappa shape index (κ3) is 1.81. The van der Waals surface area contributed by atoms with Crippen molar-refractivity contribution in [3.05, 3.63) is 37.3 Å². The summed E-state index contributed by atoms with van der Waals surface area (Å²) < 4.78 is 0.587. The lowest BCUT2D eigenvalue weighted by Crippen LogP contribution is -1.89. The molecule has 0 saturated heterocycles. The second-order valence-corrected chi connectivity index (χ2v) is 3.36. The number of nitro groups is 1. The largest absolute Gasteiger partial charge is 0.464 e. The molecule has 0 amide bonds. The molecular weight excluding hydrogens is 238 g/mol. The van der Waals surface area contributed by atoms with Gasteiger partial charge in [0.2, 0.25) is 5.39 Å². The number of aryl methyl sites for hydroxylation is 1. The molecule has 0 N–H and O–H groups in total. The van der Waals surface area contributed by atoms with E-state index in [2.05, 4.69) is 20.9 Å². The minimum absolute atomic E-state index is 0.00630. The van der Waals surface area contributed by atoms with E-state index in [1.54, 1.807) is 13.0 Å². The van der Waals surface area contributed by atoms with Crippen molar-refractivity contribution in [2.75, 3.05) is 0 Å². The van der Waals surface area contributed by atoms with Crippen LogP contribution in [0.1, 0.15) is 5.56 Å². The fraction of sp³-hybridized carbons (Fsp3) is 0.143. The lowest BCUT2D eigenvalue weighted by atomic mass is 10.2. The number of benzene rings is 1. The van der Waals surface area contributed by atoms with Gasteiger partial charge in [-0.25, -0.2) is 0 Å². The van der Waals surface area contributed by atoms with Crippen LogP contribution in [0.3, 0.4) is 0 Å². The monoisotopic (exact) mass is 242 g/mol. The molecule has 0 fully saturated rings. The molecule has 6 heteroatoms. The normalized spacial score (nSPS) is 9.31. The quantitative estimate of drug-likeness (QED) is 0.432. The highest BCUT2D eigenvalue weighted by atomic mass is 79.9. The Kier molecular flexibility index (Phi) is 2.58. The topological polar surface area (TPSA) is 71.3 Å². The van der Waals surface area contributed by atoms with Gasteiger partial charge in [0.05, 0.1) is 10.5 Å². The SMILES string of the molecule is Cc1cc(Br)cc([N+](=O)[O-])c1[N+]#N. The maximum absolute atomic E-state index is 10.5. The molecule has 1 aromatic carbocycles. The Bertz CT molecular complexity index is 411. The van der Waals surface area contributed by atoms with E-state index in [-0.39, 0.29) is 11.4 Å². The number of halogens is 1. The third-order valence-electron chi connectivity index (χ3n) is 1.54. The predicted molar refractivity (Wildman–Crippen MR) is 50.3 cm³/mol. The molecule has 0 atom stereocenters. The first-order valence-corrected chi connectivity index (χ1v) is 4.15. The number of rotatable bonds is 1. The molecule has 0 aliphatic rings. The van der Waals surface area contributed by atoms with E-state index in [4.69, 9.17) is 5.39 Å². The summed E-state index contributed by atoms with van der Waals surface area (Å²) >= 11 is 3.12. The second-order valence-electron chi connectivity index (χ2n) is 2.45. The summed E-state index contributed by atoms with van der Waals surface area (Å²) in [5.41, 5.74) is 0.325. The number of nitro benzene ring substituents is 1. The molecule has 1 rings (SSSR count). The maximum Gasteiger partial charge on any atom is 0.464 e. The van der Waals surface area contributed by atoms with Crippen LogP contribution in [0.25, 0.3) is 4.98 Å². The molecule has 0 unspecified atom stereocenters. The Hall–Kier alpha value is -1.48. The first-order chi connectivity index (χ1) is 6.06. The van der Waals surface area contributed by atoms with Gasteiger partial charge >= 0.3 is 11.4 Å². The van der Waals surface area contributed by atoms with Crippen molar-refractivity contribution in [2.45, 2.75) is 6.92 Å². The molecule has 0 saturated carbocycles. The second kappa shape index (κ2) is 3.49. The van der Waals surface area contributed by atoms with Crippen molar-refractivity contribution >= 4 is 27.3 Å². The van der Waals surface area contributed by atoms with Gasteiger partial charge in [0.25, 0.3) is 0 Å². The Labute approximate surface area is 82.3 Å². The van der Waals surface area contributed by atoms with Crippen LogP contribution < -0.4 is 0 Å².